The van der Waals surface area contributed by atoms with Crippen LogP contribution in [0.15, 0.2) is 65.7 Å². The first-order valence-corrected chi connectivity index (χ1v) is 8.06. The molecule has 1 N–H and O–H groups in total. The topological polar surface area (TPSA) is 84.8 Å². The summed E-state index contributed by atoms with van der Waals surface area (Å²) in [5.41, 5.74) is 1.16. The first-order chi connectivity index (χ1) is 11.0. The molecule has 0 spiro atoms. The van der Waals surface area contributed by atoms with E-state index in [0.29, 0.717) is 11.4 Å². The van der Waals surface area contributed by atoms with Crippen molar-refractivity contribution in [2.45, 2.75) is 4.90 Å². The maximum absolute atomic E-state index is 12.9. The molecule has 0 bridgehead atoms. The monoisotopic (exact) mass is 330 g/mol. The molecular weight excluding hydrogens is 319 g/mol. The lowest BCUT2D eigenvalue weighted by molar-refractivity contribution is 0.599. The van der Waals surface area contributed by atoms with E-state index in [2.05, 4.69) is 19.9 Å². The molecular formula is C15H11FN4O2S. The number of nitrogens with one attached hydrogen (secondary N) is 1. The summed E-state index contributed by atoms with van der Waals surface area (Å²) >= 11 is 0. The summed E-state index contributed by atoms with van der Waals surface area (Å²) in [5.74, 6) is -0.447. The second kappa shape index (κ2) is 6.09. The number of nitrogens with zero attached hydrogens (tertiary/aromatic N) is 3. The third-order valence-electron chi connectivity index (χ3n) is 2.95. The minimum Gasteiger partial charge on any atom is -0.262 e. The normalized spacial score (nSPS) is 11.2. The predicted octanol–water partition coefficient (Wildman–Crippen LogP) is 2.48. The molecule has 0 saturated heterocycles. The fourth-order valence-electron chi connectivity index (χ4n) is 1.85. The summed E-state index contributed by atoms with van der Waals surface area (Å²) in [4.78, 5) is 4.07. The van der Waals surface area contributed by atoms with Crippen LogP contribution in [0, 0.1) is 5.82 Å². The van der Waals surface area contributed by atoms with Gasteiger partial charge in [-0.05, 0) is 48.5 Å². The minimum atomic E-state index is -3.84. The van der Waals surface area contributed by atoms with Gasteiger partial charge in [0.25, 0.3) is 10.0 Å². The molecule has 2 aromatic heterocycles. The molecule has 0 unspecified atom stereocenters. The predicted molar refractivity (Wildman–Crippen MR) is 82.5 cm³/mol. The molecule has 3 aromatic rings. The number of aromatic nitrogens is 3. The molecule has 8 heteroatoms. The van der Waals surface area contributed by atoms with Crippen LogP contribution in [0.3, 0.4) is 0 Å². The van der Waals surface area contributed by atoms with E-state index in [1.807, 2.05) is 6.07 Å². The molecule has 0 amide bonds. The number of hydrogen-bond donors (Lipinski definition) is 1. The Bertz CT molecular complexity index is 898. The Labute approximate surface area is 132 Å². The maximum Gasteiger partial charge on any atom is 0.263 e. The summed E-state index contributed by atoms with van der Waals surface area (Å²) in [6, 6.07) is 13.0. The van der Waals surface area contributed by atoms with Crippen molar-refractivity contribution >= 4 is 15.8 Å². The van der Waals surface area contributed by atoms with Gasteiger partial charge in [-0.2, -0.15) is 0 Å². The summed E-state index contributed by atoms with van der Waals surface area (Å²) in [6.45, 7) is 0. The van der Waals surface area contributed by atoms with Crippen molar-refractivity contribution in [3.8, 4) is 11.4 Å². The molecule has 0 atom stereocenters. The van der Waals surface area contributed by atoms with Crippen LogP contribution in [0.25, 0.3) is 11.4 Å². The Hall–Kier alpha value is -2.87. The Morgan fingerprint density at radius 1 is 0.870 bits per heavy atom. The van der Waals surface area contributed by atoms with Crippen LogP contribution in [0.1, 0.15) is 0 Å². The van der Waals surface area contributed by atoms with Crippen LogP contribution >= 0.6 is 0 Å². The minimum absolute atomic E-state index is 0.0606. The van der Waals surface area contributed by atoms with Gasteiger partial charge in [0.1, 0.15) is 11.5 Å². The third kappa shape index (κ3) is 3.49. The standard InChI is InChI=1S/C15H11FN4O2S/c16-11-4-6-12(7-5-11)23(21,22)20-15-9-8-14(18-19-15)13-3-1-2-10-17-13/h1-10H,(H,19,20). The van der Waals surface area contributed by atoms with Gasteiger partial charge in [0.2, 0.25) is 0 Å². The van der Waals surface area contributed by atoms with Gasteiger partial charge in [0.15, 0.2) is 5.82 Å². The molecule has 0 aliphatic carbocycles. The van der Waals surface area contributed by atoms with Gasteiger partial charge >= 0.3 is 0 Å². The van der Waals surface area contributed by atoms with Crippen LogP contribution < -0.4 is 4.72 Å². The van der Waals surface area contributed by atoms with Gasteiger partial charge in [0.05, 0.1) is 10.6 Å². The maximum atomic E-state index is 12.9. The van der Waals surface area contributed by atoms with Crippen molar-refractivity contribution in [1.82, 2.24) is 15.2 Å². The van der Waals surface area contributed by atoms with Crippen molar-refractivity contribution in [2.24, 2.45) is 0 Å². The highest BCUT2D eigenvalue weighted by Crippen LogP contribution is 2.17. The zero-order chi connectivity index (χ0) is 16.3. The van der Waals surface area contributed by atoms with Crippen molar-refractivity contribution < 1.29 is 12.8 Å². The highest BCUT2D eigenvalue weighted by atomic mass is 32.2. The van der Waals surface area contributed by atoms with Crippen LogP contribution in [0.4, 0.5) is 10.2 Å². The number of sulfonamides is 1. The van der Waals surface area contributed by atoms with Crippen molar-refractivity contribution in [3.63, 3.8) is 0 Å². The Balaban J connectivity index is 1.82. The Morgan fingerprint density at radius 3 is 2.26 bits per heavy atom. The van der Waals surface area contributed by atoms with E-state index in [9.17, 15) is 12.8 Å². The molecule has 116 valence electrons. The third-order valence-corrected chi connectivity index (χ3v) is 4.33. The molecule has 0 fully saturated rings. The average Bonchev–Trinajstić information content (AvgIpc) is 2.56. The molecule has 0 aliphatic heterocycles. The zero-order valence-electron chi connectivity index (χ0n) is 11.7. The first kappa shape index (κ1) is 15.0. The van der Waals surface area contributed by atoms with Gasteiger partial charge in [-0.25, -0.2) is 12.8 Å². The summed E-state index contributed by atoms with van der Waals surface area (Å²) in [7, 11) is -3.84. The van der Waals surface area contributed by atoms with Gasteiger partial charge < -0.3 is 0 Å². The highest BCUT2D eigenvalue weighted by Gasteiger charge is 2.15. The number of pyridine rings is 1. The van der Waals surface area contributed by atoms with E-state index in [0.717, 1.165) is 12.1 Å². The molecule has 2 heterocycles. The number of anilines is 1. The smallest absolute Gasteiger partial charge is 0.262 e. The van der Waals surface area contributed by atoms with E-state index >= 15 is 0 Å². The number of benzene rings is 1. The lowest BCUT2D eigenvalue weighted by Crippen LogP contribution is -2.14. The molecule has 0 aliphatic rings. The molecule has 6 nitrogen and oxygen atoms in total. The molecule has 3 rings (SSSR count). The summed E-state index contributed by atoms with van der Waals surface area (Å²) in [5, 5.41) is 7.77. The number of halogens is 1. The average molecular weight is 330 g/mol. The Kier molecular flexibility index (Phi) is 3.98. The van der Waals surface area contributed by atoms with Crippen molar-refractivity contribution in [1.29, 1.82) is 0 Å². The van der Waals surface area contributed by atoms with Gasteiger partial charge in [-0.15, -0.1) is 10.2 Å². The highest BCUT2D eigenvalue weighted by molar-refractivity contribution is 7.92. The fraction of sp³-hybridized carbons (Fsp3) is 0. The van der Waals surface area contributed by atoms with Gasteiger partial charge in [-0.1, -0.05) is 6.07 Å². The largest absolute Gasteiger partial charge is 0.263 e. The van der Waals surface area contributed by atoms with Crippen LogP contribution in [-0.4, -0.2) is 23.6 Å². The summed E-state index contributed by atoms with van der Waals surface area (Å²) in [6.07, 6.45) is 1.63. The number of rotatable bonds is 4. The molecule has 0 radical (unpaired) electrons. The van der Waals surface area contributed by atoms with E-state index in [-0.39, 0.29) is 10.7 Å². The first-order valence-electron chi connectivity index (χ1n) is 6.58. The molecule has 0 saturated carbocycles. The van der Waals surface area contributed by atoms with Gasteiger partial charge in [-0.3, -0.25) is 9.71 Å². The van der Waals surface area contributed by atoms with Crippen LogP contribution in [-0.2, 0) is 10.0 Å². The van der Waals surface area contributed by atoms with E-state index < -0.39 is 15.8 Å². The summed E-state index contributed by atoms with van der Waals surface area (Å²) < 4.78 is 39.5. The lowest BCUT2D eigenvalue weighted by atomic mass is 10.2. The molecule has 1 aromatic carbocycles. The lowest BCUT2D eigenvalue weighted by Gasteiger charge is -2.07. The quantitative estimate of drug-likeness (QED) is 0.794. The van der Waals surface area contributed by atoms with Crippen molar-refractivity contribution in [2.75, 3.05) is 4.72 Å². The fourth-order valence-corrected chi connectivity index (χ4v) is 2.84. The van der Waals surface area contributed by atoms with Crippen molar-refractivity contribution in [3.05, 3.63) is 66.6 Å². The SMILES string of the molecule is O=S(=O)(Nc1ccc(-c2ccccn2)nn1)c1ccc(F)cc1. The van der Waals surface area contributed by atoms with E-state index in [4.69, 9.17) is 0 Å². The second-order valence-corrected chi connectivity index (χ2v) is 6.26. The van der Waals surface area contributed by atoms with Gasteiger partial charge in [0, 0.05) is 6.20 Å². The van der Waals surface area contributed by atoms with Crippen LogP contribution in [0.2, 0.25) is 0 Å². The van der Waals surface area contributed by atoms with E-state index in [1.165, 1.54) is 18.2 Å². The Morgan fingerprint density at radius 2 is 1.65 bits per heavy atom. The van der Waals surface area contributed by atoms with E-state index in [1.54, 1.807) is 24.4 Å². The zero-order valence-corrected chi connectivity index (χ0v) is 12.5. The molecule has 23 heavy (non-hydrogen) atoms. The number of hydrogen-bond acceptors (Lipinski definition) is 5. The second-order valence-electron chi connectivity index (χ2n) is 4.58. The van der Waals surface area contributed by atoms with Crippen LogP contribution in [0.5, 0.6) is 0 Å².